The molecule has 3 aliphatic rings. The summed E-state index contributed by atoms with van der Waals surface area (Å²) in [5.41, 5.74) is 1.02. The van der Waals surface area contributed by atoms with Crippen LogP contribution in [-0.2, 0) is 4.79 Å². The lowest BCUT2D eigenvalue weighted by Gasteiger charge is -2.27. The second-order valence-corrected chi connectivity index (χ2v) is 5.47. The van der Waals surface area contributed by atoms with Gasteiger partial charge in [0.15, 0.2) is 0 Å². The number of rotatable bonds is 2. The number of benzene rings is 1. The van der Waals surface area contributed by atoms with Gasteiger partial charge in [-0.3, -0.25) is 0 Å². The molecule has 1 unspecified atom stereocenters. The molecule has 1 N–H and O–H groups in total. The zero-order chi connectivity index (χ0) is 11.3. The SMILES string of the molecule is O=C(O)C1C2CC(C2)N1c1cccc(Br)c1. The van der Waals surface area contributed by atoms with Crippen LogP contribution in [0.5, 0.6) is 0 Å². The van der Waals surface area contributed by atoms with Gasteiger partial charge in [-0.1, -0.05) is 22.0 Å². The Kier molecular flexibility index (Phi) is 2.21. The summed E-state index contributed by atoms with van der Waals surface area (Å²) in [6.45, 7) is 0. The molecule has 2 bridgehead atoms. The fourth-order valence-corrected chi connectivity index (χ4v) is 3.28. The van der Waals surface area contributed by atoms with E-state index in [0.717, 1.165) is 23.0 Å². The summed E-state index contributed by atoms with van der Waals surface area (Å²) >= 11 is 3.43. The van der Waals surface area contributed by atoms with E-state index in [1.165, 1.54) is 0 Å². The van der Waals surface area contributed by atoms with Crippen LogP contribution in [0.3, 0.4) is 0 Å². The number of anilines is 1. The minimum atomic E-state index is -0.690. The number of fused-ring (bicyclic) bond motifs is 1. The van der Waals surface area contributed by atoms with Crippen LogP contribution in [0.25, 0.3) is 0 Å². The van der Waals surface area contributed by atoms with Gasteiger partial charge in [0.05, 0.1) is 0 Å². The molecule has 0 aromatic heterocycles. The number of halogens is 1. The van der Waals surface area contributed by atoms with Crippen molar-refractivity contribution in [2.24, 2.45) is 5.92 Å². The smallest absolute Gasteiger partial charge is 0.326 e. The Morgan fingerprint density at radius 3 is 2.81 bits per heavy atom. The molecule has 2 aliphatic heterocycles. The summed E-state index contributed by atoms with van der Waals surface area (Å²) in [4.78, 5) is 13.3. The van der Waals surface area contributed by atoms with Gasteiger partial charge in [-0.25, -0.2) is 4.79 Å². The lowest BCUT2D eigenvalue weighted by molar-refractivity contribution is -0.139. The van der Waals surface area contributed by atoms with Gasteiger partial charge in [0, 0.05) is 16.2 Å². The minimum absolute atomic E-state index is 0.320. The number of nitrogens with zero attached hydrogens (tertiary/aromatic N) is 1. The highest BCUT2D eigenvalue weighted by molar-refractivity contribution is 9.10. The van der Waals surface area contributed by atoms with Crippen molar-refractivity contribution in [2.75, 3.05) is 4.90 Å². The van der Waals surface area contributed by atoms with Crippen molar-refractivity contribution in [3.05, 3.63) is 28.7 Å². The van der Waals surface area contributed by atoms with Gasteiger partial charge < -0.3 is 10.0 Å². The lowest BCUT2D eigenvalue weighted by atomic mass is 9.83. The predicted octanol–water partition coefficient (Wildman–Crippen LogP) is 2.50. The monoisotopic (exact) mass is 281 g/mol. The quantitative estimate of drug-likeness (QED) is 0.906. The topological polar surface area (TPSA) is 40.5 Å². The van der Waals surface area contributed by atoms with E-state index < -0.39 is 5.97 Å². The second kappa shape index (κ2) is 3.48. The number of hydrogen-bond acceptors (Lipinski definition) is 2. The zero-order valence-corrected chi connectivity index (χ0v) is 10.2. The molecule has 1 aromatic rings. The normalized spacial score (nSPS) is 31.3. The first kappa shape index (κ1) is 10.1. The molecule has 1 aliphatic carbocycles. The van der Waals surface area contributed by atoms with Crippen molar-refractivity contribution in [1.82, 2.24) is 0 Å². The molecule has 0 spiro atoms. The number of hydrogen-bond donors (Lipinski definition) is 1. The van der Waals surface area contributed by atoms with Gasteiger partial charge in [0.1, 0.15) is 6.04 Å². The first-order valence-electron chi connectivity index (χ1n) is 5.43. The van der Waals surface area contributed by atoms with E-state index in [9.17, 15) is 9.90 Å². The van der Waals surface area contributed by atoms with Gasteiger partial charge >= 0.3 is 5.97 Å². The number of carboxylic acid groups (broad SMARTS) is 1. The molecule has 1 saturated carbocycles. The molecule has 3 fully saturated rings. The Labute approximate surface area is 102 Å². The zero-order valence-electron chi connectivity index (χ0n) is 8.64. The van der Waals surface area contributed by atoms with Crippen molar-refractivity contribution in [3.8, 4) is 0 Å². The second-order valence-electron chi connectivity index (χ2n) is 4.56. The summed E-state index contributed by atoms with van der Waals surface area (Å²) in [6.07, 6.45) is 2.06. The number of carbonyl (C=O) groups is 1. The van der Waals surface area contributed by atoms with E-state index in [0.29, 0.717) is 12.0 Å². The molecular formula is C12H12BrNO2. The summed E-state index contributed by atoms with van der Waals surface area (Å²) in [6, 6.07) is 8.01. The van der Waals surface area contributed by atoms with Gasteiger partial charge in [-0.15, -0.1) is 0 Å². The van der Waals surface area contributed by atoms with Gasteiger partial charge in [-0.2, -0.15) is 0 Å². The Bertz CT molecular complexity index is 442. The van der Waals surface area contributed by atoms with Crippen LogP contribution < -0.4 is 4.90 Å². The third kappa shape index (κ3) is 1.36. The van der Waals surface area contributed by atoms with Crippen LogP contribution >= 0.6 is 15.9 Å². The summed E-state index contributed by atoms with van der Waals surface area (Å²) in [5.74, 6) is -0.341. The Morgan fingerprint density at radius 1 is 1.44 bits per heavy atom. The fraction of sp³-hybridized carbons (Fsp3) is 0.417. The molecule has 16 heavy (non-hydrogen) atoms. The maximum absolute atomic E-state index is 11.3. The molecule has 2 heterocycles. The third-order valence-corrected chi connectivity index (χ3v) is 4.14. The van der Waals surface area contributed by atoms with Crippen LogP contribution in [0.1, 0.15) is 12.8 Å². The summed E-state index contributed by atoms with van der Waals surface area (Å²) in [7, 11) is 0. The largest absolute Gasteiger partial charge is 0.480 e. The maximum Gasteiger partial charge on any atom is 0.326 e. The third-order valence-electron chi connectivity index (χ3n) is 3.65. The first-order chi connectivity index (χ1) is 7.66. The molecule has 0 amide bonds. The predicted molar refractivity (Wildman–Crippen MR) is 64.6 cm³/mol. The maximum atomic E-state index is 11.3. The lowest BCUT2D eigenvalue weighted by Crippen LogP contribution is -2.36. The fourth-order valence-electron chi connectivity index (χ4n) is 2.90. The Morgan fingerprint density at radius 2 is 2.19 bits per heavy atom. The number of aliphatic carboxylic acids is 1. The Balaban J connectivity index is 1.97. The van der Waals surface area contributed by atoms with Gasteiger partial charge in [0.25, 0.3) is 0 Å². The standard InChI is InChI=1S/C12H12BrNO2/c13-8-2-1-3-9(6-8)14-10-4-7(5-10)11(14)12(15)16/h1-3,6-7,10-11H,4-5H2,(H,15,16). The molecule has 4 heteroatoms. The van der Waals surface area contributed by atoms with Crippen LogP contribution in [-0.4, -0.2) is 23.2 Å². The molecule has 0 radical (unpaired) electrons. The highest BCUT2D eigenvalue weighted by atomic mass is 79.9. The van der Waals surface area contributed by atoms with Crippen LogP contribution in [0, 0.1) is 5.92 Å². The molecule has 84 valence electrons. The number of carboxylic acids is 1. The molecule has 3 nitrogen and oxygen atoms in total. The highest BCUT2D eigenvalue weighted by Crippen LogP contribution is 2.48. The summed E-state index contributed by atoms with van der Waals surface area (Å²) in [5, 5.41) is 9.26. The van der Waals surface area contributed by atoms with E-state index in [-0.39, 0.29) is 6.04 Å². The van der Waals surface area contributed by atoms with Crippen LogP contribution in [0.2, 0.25) is 0 Å². The van der Waals surface area contributed by atoms with Gasteiger partial charge in [0.2, 0.25) is 0 Å². The average Bonchev–Trinajstić information content (AvgIpc) is 2.70. The Hall–Kier alpha value is -1.03. The van der Waals surface area contributed by atoms with Crippen molar-refractivity contribution < 1.29 is 9.90 Å². The van der Waals surface area contributed by atoms with E-state index in [4.69, 9.17) is 0 Å². The average molecular weight is 282 g/mol. The van der Waals surface area contributed by atoms with Crippen LogP contribution in [0.4, 0.5) is 5.69 Å². The molecule has 1 aromatic carbocycles. The first-order valence-corrected chi connectivity index (χ1v) is 6.23. The molecule has 4 rings (SSSR count). The summed E-state index contributed by atoms with van der Waals surface area (Å²) < 4.78 is 0.998. The van der Waals surface area contributed by atoms with E-state index in [2.05, 4.69) is 20.8 Å². The van der Waals surface area contributed by atoms with E-state index in [1.807, 2.05) is 24.3 Å². The van der Waals surface area contributed by atoms with Crippen LogP contribution in [0.15, 0.2) is 28.7 Å². The minimum Gasteiger partial charge on any atom is -0.480 e. The molecule has 2 saturated heterocycles. The van der Waals surface area contributed by atoms with Crippen molar-refractivity contribution >= 4 is 27.6 Å². The van der Waals surface area contributed by atoms with E-state index >= 15 is 0 Å². The molecular weight excluding hydrogens is 270 g/mol. The van der Waals surface area contributed by atoms with Crippen molar-refractivity contribution in [3.63, 3.8) is 0 Å². The van der Waals surface area contributed by atoms with Crippen molar-refractivity contribution in [2.45, 2.75) is 24.9 Å². The van der Waals surface area contributed by atoms with E-state index in [1.54, 1.807) is 0 Å². The highest BCUT2D eigenvalue weighted by Gasteiger charge is 2.53. The van der Waals surface area contributed by atoms with Gasteiger partial charge in [-0.05, 0) is 37.0 Å². The van der Waals surface area contributed by atoms with Crippen molar-refractivity contribution in [1.29, 1.82) is 0 Å². The molecule has 1 atom stereocenters.